The zero-order valence-electron chi connectivity index (χ0n) is 14.6. The van der Waals surface area contributed by atoms with E-state index in [0.29, 0.717) is 11.5 Å². The minimum Gasteiger partial charge on any atom is -0.497 e. The molecule has 0 spiro atoms. The van der Waals surface area contributed by atoms with Gasteiger partial charge in [0.25, 0.3) is 15.9 Å². The summed E-state index contributed by atoms with van der Waals surface area (Å²) < 4.78 is 39.5. The normalized spacial score (nSPS) is 10.7. The molecular weight excluding hydrogens is 376 g/mol. The Morgan fingerprint density at radius 1 is 0.963 bits per heavy atom. The third-order valence-corrected chi connectivity index (χ3v) is 4.64. The number of sulfonamides is 1. The topological polar surface area (TPSA) is 120 Å². The van der Waals surface area contributed by atoms with E-state index in [1.54, 1.807) is 24.3 Å². The number of rotatable bonds is 8. The second kappa shape index (κ2) is 9.01. The van der Waals surface area contributed by atoms with Gasteiger partial charge >= 0.3 is 5.97 Å². The van der Waals surface area contributed by atoms with Gasteiger partial charge in [-0.1, -0.05) is 12.1 Å². The van der Waals surface area contributed by atoms with Crippen LogP contribution in [0.1, 0.15) is 10.4 Å². The van der Waals surface area contributed by atoms with Crippen LogP contribution in [0.5, 0.6) is 11.5 Å². The van der Waals surface area contributed by atoms with Crippen molar-refractivity contribution in [1.29, 1.82) is 0 Å². The van der Waals surface area contributed by atoms with Crippen molar-refractivity contribution in [2.45, 2.75) is 4.90 Å². The number of carbonyl (C=O) groups is 2. The quantitative estimate of drug-likeness (QED) is 0.503. The highest BCUT2D eigenvalue weighted by Gasteiger charge is 2.23. The molecule has 2 N–H and O–H groups in total. The van der Waals surface area contributed by atoms with Crippen LogP contribution >= 0.6 is 0 Å². The van der Waals surface area contributed by atoms with Crippen LogP contribution in [0.4, 0.5) is 0 Å². The number of hydrogen-bond donors (Lipinski definition) is 2. The first-order valence-corrected chi connectivity index (χ1v) is 9.10. The molecule has 0 saturated heterocycles. The van der Waals surface area contributed by atoms with Crippen molar-refractivity contribution >= 4 is 21.9 Å². The Morgan fingerprint density at radius 2 is 1.59 bits per heavy atom. The fourth-order valence-corrected chi connectivity index (χ4v) is 3.07. The molecule has 0 aromatic heterocycles. The van der Waals surface area contributed by atoms with Gasteiger partial charge in [0.05, 0.1) is 24.7 Å². The van der Waals surface area contributed by atoms with Crippen molar-refractivity contribution in [3.8, 4) is 11.5 Å². The molecule has 2 rings (SSSR count). The molecule has 0 atom stereocenters. The molecule has 1 amide bonds. The summed E-state index contributed by atoms with van der Waals surface area (Å²) in [6, 6.07) is 12.0. The summed E-state index contributed by atoms with van der Waals surface area (Å²) in [6.07, 6.45) is 0. The second-order valence-corrected chi connectivity index (χ2v) is 6.76. The lowest BCUT2D eigenvalue weighted by atomic mass is 10.2. The Morgan fingerprint density at radius 3 is 2.22 bits per heavy atom. The van der Waals surface area contributed by atoms with Crippen molar-refractivity contribution in [1.82, 2.24) is 10.3 Å². The molecule has 0 aliphatic rings. The van der Waals surface area contributed by atoms with Crippen molar-refractivity contribution in [3.05, 3.63) is 54.1 Å². The zero-order chi connectivity index (χ0) is 19.9. The molecule has 0 unspecified atom stereocenters. The SMILES string of the molecule is COC(=O)c1ccccc1S(=O)(=O)NNC(=O)COc1ccc(OC)cc1. The predicted molar refractivity (Wildman–Crippen MR) is 94.7 cm³/mol. The fourth-order valence-electron chi connectivity index (χ4n) is 2.02. The molecule has 0 radical (unpaired) electrons. The van der Waals surface area contributed by atoms with Gasteiger partial charge in [0, 0.05) is 0 Å². The largest absolute Gasteiger partial charge is 0.497 e. The van der Waals surface area contributed by atoms with Gasteiger partial charge < -0.3 is 14.2 Å². The first-order valence-electron chi connectivity index (χ1n) is 7.62. The molecule has 9 nitrogen and oxygen atoms in total. The Hall–Kier alpha value is -3.11. The van der Waals surface area contributed by atoms with Crippen LogP contribution in [0.3, 0.4) is 0 Å². The molecule has 0 aliphatic heterocycles. The van der Waals surface area contributed by atoms with Crippen molar-refractivity contribution in [3.63, 3.8) is 0 Å². The number of esters is 1. The zero-order valence-corrected chi connectivity index (χ0v) is 15.4. The summed E-state index contributed by atoms with van der Waals surface area (Å²) in [6.45, 7) is -0.423. The third-order valence-electron chi connectivity index (χ3n) is 3.34. The summed E-state index contributed by atoms with van der Waals surface area (Å²) in [5.74, 6) is -0.510. The van der Waals surface area contributed by atoms with E-state index in [9.17, 15) is 18.0 Å². The summed E-state index contributed by atoms with van der Waals surface area (Å²) in [5.41, 5.74) is 1.86. The van der Waals surface area contributed by atoms with Gasteiger partial charge in [-0.15, -0.1) is 4.83 Å². The molecule has 0 aliphatic carbocycles. The average molecular weight is 394 g/mol. The Labute approximate surface area is 156 Å². The maximum Gasteiger partial charge on any atom is 0.339 e. The Kier molecular flexibility index (Phi) is 6.74. The number of ether oxygens (including phenoxy) is 3. The van der Waals surface area contributed by atoms with Gasteiger partial charge in [-0.2, -0.15) is 0 Å². The van der Waals surface area contributed by atoms with E-state index in [0.717, 1.165) is 7.11 Å². The van der Waals surface area contributed by atoms with Crippen LogP contribution in [0.2, 0.25) is 0 Å². The van der Waals surface area contributed by atoms with Gasteiger partial charge in [-0.25, -0.2) is 13.2 Å². The van der Waals surface area contributed by atoms with Gasteiger partial charge in [-0.05, 0) is 36.4 Å². The standard InChI is InChI=1S/C17H18N2O7S/c1-24-12-7-9-13(10-8-12)26-11-16(20)18-19-27(22,23)15-6-4-3-5-14(15)17(21)25-2/h3-10,19H,11H2,1-2H3,(H,18,20). The average Bonchev–Trinajstić information content (AvgIpc) is 2.70. The molecule has 10 heteroatoms. The van der Waals surface area contributed by atoms with Gasteiger partial charge in [-0.3, -0.25) is 10.2 Å². The van der Waals surface area contributed by atoms with E-state index in [2.05, 4.69) is 4.74 Å². The minimum atomic E-state index is -4.19. The minimum absolute atomic E-state index is 0.156. The number of amides is 1. The monoisotopic (exact) mass is 394 g/mol. The summed E-state index contributed by atoms with van der Waals surface area (Å²) in [7, 11) is -1.53. The molecule has 2 aromatic carbocycles. The number of hydrazine groups is 1. The fraction of sp³-hybridized carbons (Fsp3) is 0.176. The van der Waals surface area contributed by atoms with Crippen LogP contribution in [0.25, 0.3) is 0 Å². The summed E-state index contributed by atoms with van der Waals surface area (Å²) in [5, 5.41) is 0. The molecule has 0 heterocycles. The van der Waals surface area contributed by atoms with Crippen LogP contribution in [-0.2, 0) is 19.6 Å². The molecule has 0 fully saturated rings. The van der Waals surface area contributed by atoms with Gasteiger partial charge in [0.15, 0.2) is 6.61 Å². The number of methoxy groups -OCH3 is 2. The molecule has 144 valence electrons. The highest BCUT2D eigenvalue weighted by atomic mass is 32.2. The lowest BCUT2D eigenvalue weighted by Gasteiger charge is -2.11. The van der Waals surface area contributed by atoms with E-state index in [-0.39, 0.29) is 10.5 Å². The molecule has 27 heavy (non-hydrogen) atoms. The van der Waals surface area contributed by atoms with E-state index >= 15 is 0 Å². The maximum atomic E-state index is 12.3. The van der Waals surface area contributed by atoms with Crippen molar-refractivity contribution < 1.29 is 32.2 Å². The first-order chi connectivity index (χ1) is 12.9. The van der Waals surface area contributed by atoms with E-state index in [1.165, 1.54) is 31.4 Å². The smallest absolute Gasteiger partial charge is 0.339 e. The second-order valence-electron chi connectivity index (χ2n) is 5.11. The highest BCUT2D eigenvalue weighted by Crippen LogP contribution is 2.17. The van der Waals surface area contributed by atoms with Crippen molar-refractivity contribution in [2.24, 2.45) is 0 Å². The summed E-state index contributed by atoms with van der Waals surface area (Å²) >= 11 is 0. The Balaban J connectivity index is 1.96. The molecular formula is C17H18N2O7S. The van der Waals surface area contributed by atoms with Gasteiger partial charge in [0.2, 0.25) is 0 Å². The molecule has 2 aromatic rings. The van der Waals surface area contributed by atoms with Crippen LogP contribution in [0.15, 0.2) is 53.4 Å². The van der Waals surface area contributed by atoms with Crippen LogP contribution in [-0.4, -0.2) is 41.1 Å². The summed E-state index contributed by atoms with van der Waals surface area (Å²) in [4.78, 5) is 25.1. The van der Waals surface area contributed by atoms with Crippen LogP contribution < -0.4 is 19.7 Å². The first kappa shape index (κ1) is 20.2. The Bertz CT molecular complexity index is 911. The van der Waals surface area contributed by atoms with E-state index in [4.69, 9.17) is 9.47 Å². The van der Waals surface area contributed by atoms with Crippen molar-refractivity contribution in [2.75, 3.05) is 20.8 Å². The number of carbonyl (C=O) groups excluding carboxylic acids is 2. The van der Waals surface area contributed by atoms with Gasteiger partial charge in [0.1, 0.15) is 11.5 Å². The molecule has 0 bridgehead atoms. The molecule has 0 saturated carbocycles. The maximum absolute atomic E-state index is 12.3. The number of nitrogens with one attached hydrogen (secondary N) is 2. The van der Waals surface area contributed by atoms with Crippen LogP contribution in [0, 0.1) is 0 Å². The lowest BCUT2D eigenvalue weighted by molar-refractivity contribution is -0.123. The number of hydrogen-bond acceptors (Lipinski definition) is 7. The lowest BCUT2D eigenvalue weighted by Crippen LogP contribution is -2.44. The van der Waals surface area contributed by atoms with E-state index < -0.39 is 28.5 Å². The highest BCUT2D eigenvalue weighted by molar-refractivity contribution is 7.89. The predicted octanol–water partition coefficient (Wildman–Crippen LogP) is 0.870. The number of benzene rings is 2. The van der Waals surface area contributed by atoms with E-state index in [1.807, 2.05) is 10.3 Å². The third kappa shape index (κ3) is 5.43.